The maximum absolute atomic E-state index is 12.3. The highest BCUT2D eigenvalue weighted by atomic mass is 35.5. The molecule has 4 rings (SSSR count). The van der Waals surface area contributed by atoms with Gasteiger partial charge in [-0.2, -0.15) is 0 Å². The molecule has 0 aliphatic carbocycles. The molecular weight excluding hydrogens is 501 g/mol. The molecule has 0 fully saturated rings. The lowest BCUT2D eigenvalue weighted by Gasteiger charge is -2.25. The van der Waals surface area contributed by atoms with E-state index in [1.807, 2.05) is 60.7 Å². The van der Waals surface area contributed by atoms with Crippen LogP contribution in [0.5, 0.6) is 5.75 Å². The zero-order chi connectivity index (χ0) is 25.5. The van der Waals surface area contributed by atoms with Gasteiger partial charge in [0.05, 0.1) is 31.3 Å². The Hall–Kier alpha value is -3.46. The minimum absolute atomic E-state index is 0.0972. The lowest BCUT2D eigenvalue weighted by Crippen LogP contribution is -2.33. The van der Waals surface area contributed by atoms with Crippen LogP contribution in [0.3, 0.4) is 0 Å². The van der Waals surface area contributed by atoms with E-state index in [1.54, 1.807) is 23.7 Å². The number of carbonyl (C=O) groups excluding carboxylic acids is 1. The summed E-state index contributed by atoms with van der Waals surface area (Å²) in [6, 6.07) is 22.1. The number of esters is 1. The van der Waals surface area contributed by atoms with E-state index in [0.29, 0.717) is 27.2 Å². The molecule has 0 saturated carbocycles. The van der Waals surface area contributed by atoms with E-state index in [0.717, 1.165) is 11.1 Å². The predicted molar refractivity (Wildman–Crippen MR) is 137 cm³/mol. The fraction of sp³-hybridized carbons (Fsp3) is 0.231. The number of hydrogen-bond donors (Lipinski definition) is 1. The first-order valence-electron chi connectivity index (χ1n) is 11.3. The van der Waals surface area contributed by atoms with Gasteiger partial charge in [-0.1, -0.05) is 83.9 Å². The van der Waals surface area contributed by atoms with Crippen LogP contribution in [0, 0.1) is 0 Å². The molecule has 1 atom stereocenters. The van der Waals surface area contributed by atoms with E-state index in [-0.39, 0.29) is 19.2 Å². The molecule has 0 spiro atoms. The summed E-state index contributed by atoms with van der Waals surface area (Å²) in [5.74, 6) is 0.415. The second kappa shape index (κ2) is 12.0. The molecule has 1 aromatic heterocycles. The molecule has 0 bridgehead atoms. The van der Waals surface area contributed by atoms with Crippen LogP contribution >= 0.6 is 23.2 Å². The number of hydrogen-bond acceptors (Lipinski definition) is 7. The van der Waals surface area contributed by atoms with Crippen molar-refractivity contribution in [2.24, 2.45) is 0 Å². The molecule has 4 aromatic rings. The first kappa shape index (κ1) is 25.6. The zero-order valence-corrected chi connectivity index (χ0v) is 21.3. The molecule has 1 heterocycles. The van der Waals surface area contributed by atoms with Crippen LogP contribution in [0.25, 0.3) is 0 Å². The number of halogens is 2. The number of benzene rings is 3. The van der Waals surface area contributed by atoms with Gasteiger partial charge >= 0.3 is 5.97 Å². The van der Waals surface area contributed by atoms with Crippen LogP contribution in [0.4, 0.5) is 0 Å². The first-order chi connectivity index (χ1) is 17.5. The van der Waals surface area contributed by atoms with Crippen LogP contribution in [0.15, 0.2) is 72.8 Å². The van der Waals surface area contributed by atoms with Gasteiger partial charge in [0.1, 0.15) is 11.8 Å². The summed E-state index contributed by atoms with van der Waals surface area (Å²) in [5.41, 5.74) is 2.55. The van der Waals surface area contributed by atoms with Crippen molar-refractivity contribution < 1.29 is 14.3 Å². The summed E-state index contributed by atoms with van der Waals surface area (Å²) in [6.07, 6.45) is 0. The van der Waals surface area contributed by atoms with Crippen molar-refractivity contribution in [1.29, 1.82) is 0 Å². The zero-order valence-electron chi connectivity index (χ0n) is 19.8. The quantitative estimate of drug-likeness (QED) is 0.295. The molecule has 1 unspecified atom stereocenters. The van der Waals surface area contributed by atoms with E-state index in [4.69, 9.17) is 32.7 Å². The maximum atomic E-state index is 12.3. The van der Waals surface area contributed by atoms with Crippen LogP contribution in [-0.4, -0.2) is 46.4 Å². The number of nitrogens with one attached hydrogen (secondary N) is 1. The smallest absolute Gasteiger partial charge is 0.319 e. The number of rotatable bonds is 10. The Bertz CT molecular complexity index is 1260. The summed E-state index contributed by atoms with van der Waals surface area (Å²) in [6.45, 7) is 1.92. The number of tetrazole rings is 1. The molecule has 0 amide bonds. The van der Waals surface area contributed by atoms with Gasteiger partial charge in [0, 0.05) is 10.6 Å². The fourth-order valence-corrected chi connectivity index (χ4v) is 4.65. The number of ether oxygens (including phenoxy) is 2. The molecule has 10 heteroatoms. The van der Waals surface area contributed by atoms with E-state index in [2.05, 4.69) is 20.8 Å². The molecule has 0 aliphatic heterocycles. The topological polar surface area (TPSA) is 91.2 Å². The standard InChI is InChI=1S/C26H25Cl2N5O3/c1-3-36-22(34)16-29-23(20-14-19(27)15-21(28)25(20)35-2)26-30-31-32-33(26)24(17-10-6-4-7-11-17)18-12-8-5-9-13-18/h4-15,23-24,29H,3,16H2,1-2H3. The Kier molecular flexibility index (Phi) is 8.53. The molecular formula is C26H25Cl2N5O3. The van der Waals surface area contributed by atoms with Crippen molar-refractivity contribution in [2.45, 2.75) is 19.0 Å². The third-order valence-electron chi connectivity index (χ3n) is 5.56. The van der Waals surface area contributed by atoms with Crippen LogP contribution in [-0.2, 0) is 9.53 Å². The van der Waals surface area contributed by atoms with Crippen LogP contribution < -0.4 is 10.1 Å². The second-order valence-corrected chi connectivity index (χ2v) is 8.68. The monoisotopic (exact) mass is 525 g/mol. The SMILES string of the molecule is CCOC(=O)CNC(c1cc(Cl)cc(Cl)c1OC)c1nnnn1C(c1ccccc1)c1ccccc1. The third-order valence-corrected chi connectivity index (χ3v) is 6.06. The molecule has 3 aromatic carbocycles. The summed E-state index contributed by atoms with van der Waals surface area (Å²) < 4.78 is 12.5. The average molecular weight is 526 g/mol. The normalized spacial score (nSPS) is 11.9. The van der Waals surface area contributed by atoms with Crippen molar-refractivity contribution >= 4 is 29.2 Å². The van der Waals surface area contributed by atoms with Gasteiger partial charge in [0.15, 0.2) is 5.82 Å². The number of aromatic nitrogens is 4. The summed E-state index contributed by atoms with van der Waals surface area (Å²) in [4.78, 5) is 12.3. The number of methoxy groups -OCH3 is 1. The van der Waals surface area contributed by atoms with Crippen molar-refractivity contribution in [3.63, 3.8) is 0 Å². The highest BCUT2D eigenvalue weighted by Crippen LogP contribution is 2.39. The van der Waals surface area contributed by atoms with Gasteiger partial charge in [-0.3, -0.25) is 10.1 Å². The predicted octanol–water partition coefficient (Wildman–Crippen LogP) is 4.87. The molecule has 0 radical (unpaired) electrons. The van der Waals surface area contributed by atoms with Crippen molar-refractivity contribution in [1.82, 2.24) is 25.5 Å². The van der Waals surface area contributed by atoms with Crippen molar-refractivity contribution in [3.8, 4) is 5.75 Å². The fourth-order valence-electron chi connectivity index (χ4n) is 4.07. The van der Waals surface area contributed by atoms with Crippen LogP contribution in [0.2, 0.25) is 10.0 Å². The van der Waals surface area contributed by atoms with Gasteiger partial charge in [0.2, 0.25) is 0 Å². The molecule has 186 valence electrons. The maximum Gasteiger partial charge on any atom is 0.319 e. The van der Waals surface area contributed by atoms with Gasteiger partial charge in [0.25, 0.3) is 0 Å². The van der Waals surface area contributed by atoms with E-state index < -0.39 is 12.0 Å². The Labute approximate surface area is 219 Å². The lowest BCUT2D eigenvalue weighted by molar-refractivity contribution is -0.142. The largest absolute Gasteiger partial charge is 0.495 e. The van der Waals surface area contributed by atoms with Gasteiger partial charge < -0.3 is 9.47 Å². The van der Waals surface area contributed by atoms with E-state index in [1.165, 1.54) is 7.11 Å². The third kappa shape index (κ3) is 5.67. The minimum Gasteiger partial charge on any atom is -0.495 e. The summed E-state index contributed by atoms with van der Waals surface area (Å²) in [7, 11) is 1.51. The van der Waals surface area contributed by atoms with Crippen molar-refractivity contribution in [2.75, 3.05) is 20.3 Å². The average Bonchev–Trinajstić information content (AvgIpc) is 3.34. The Morgan fingerprint density at radius 1 is 1.03 bits per heavy atom. The molecule has 0 aliphatic rings. The highest BCUT2D eigenvalue weighted by Gasteiger charge is 2.30. The molecule has 1 N–H and O–H groups in total. The summed E-state index contributed by atoms with van der Waals surface area (Å²) >= 11 is 12.8. The Morgan fingerprint density at radius 2 is 1.67 bits per heavy atom. The first-order valence-corrected chi connectivity index (χ1v) is 12.1. The highest BCUT2D eigenvalue weighted by molar-refractivity contribution is 6.35. The van der Waals surface area contributed by atoms with Crippen molar-refractivity contribution in [3.05, 3.63) is 105 Å². The Morgan fingerprint density at radius 3 is 2.25 bits per heavy atom. The second-order valence-electron chi connectivity index (χ2n) is 7.83. The van der Waals surface area contributed by atoms with E-state index >= 15 is 0 Å². The number of nitrogens with zero attached hydrogens (tertiary/aromatic N) is 4. The van der Waals surface area contributed by atoms with Gasteiger partial charge in [-0.25, -0.2) is 4.68 Å². The lowest BCUT2D eigenvalue weighted by atomic mass is 9.97. The van der Waals surface area contributed by atoms with Gasteiger partial charge in [-0.15, -0.1) is 5.10 Å². The summed E-state index contributed by atoms with van der Waals surface area (Å²) in [5, 5.41) is 16.7. The van der Waals surface area contributed by atoms with E-state index in [9.17, 15) is 4.79 Å². The van der Waals surface area contributed by atoms with Gasteiger partial charge in [-0.05, 0) is 40.6 Å². The molecule has 8 nitrogen and oxygen atoms in total. The van der Waals surface area contributed by atoms with Crippen LogP contribution in [0.1, 0.15) is 41.5 Å². The molecule has 0 saturated heterocycles. The Balaban J connectivity index is 1.87. The minimum atomic E-state index is -0.703. The number of carbonyl (C=O) groups is 1. The molecule has 36 heavy (non-hydrogen) atoms.